The van der Waals surface area contributed by atoms with Gasteiger partial charge in [-0.1, -0.05) is 74.4 Å². The standard InChI is InChI=1S/C28H24NO.C5H8O2.Ir/c1-16(2)14-17-8-10-19-18(15-17)9-11-20-26(19)28(3,4)21-6-5-7-22-24(21)25-23(30-22)12-13-29-27(20)25;1-4(6)3-5(2)7;/h5-10,12-13,15-16H,14H2,1-4H3;3,6H,1-2H3;/q-1;;/b;4-3-;. The molecule has 0 bridgehead atoms. The maximum absolute atomic E-state index is 10.0. The molecule has 1 aliphatic carbocycles. The summed E-state index contributed by atoms with van der Waals surface area (Å²) < 4.78 is 6.20. The molecule has 1 aliphatic rings. The van der Waals surface area contributed by atoms with Gasteiger partial charge in [-0.2, -0.15) is 0 Å². The molecular formula is C33H32IrNO3-. The molecule has 0 atom stereocenters. The van der Waals surface area contributed by atoms with Crippen molar-refractivity contribution in [3.63, 3.8) is 0 Å². The molecule has 1 N–H and O–H groups in total. The molecule has 6 rings (SSSR count). The number of ketones is 1. The van der Waals surface area contributed by atoms with Gasteiger partial charge in [-0.05, 0) is 55.0 Å². The number of carbonyl (C=O) groups is 1. The van der Waals surface area contributed by atoms with E-state index in [9.17, 15) is 4.79 Å². The van der Waals surface area contributed by atoms with Gasteiger partial charge in [0.25, 0.3) is 0 Å². The van der Waals surface area contributed by atoms with Crippen LogP contribution in [0.5, 0.6) is 0 Å². The number of carbonyl (C=O) groups excluding carboxylic acids is 1. The molecule has 0 amide bonds. The molecule has 5 aromatic rings. The second-order valence-corrected chi connectivity index (χ2v) is 10.9. The minimum atomic E-state index is -0.206. The number of aliphatic hydroxyl groups excluding tert-OH is 1. The second-order valence-electron chi connectivity index (χ2n) is 10.9. The Kier molecular flexibility index (Phi) is 7.65. The normalized spacial score (nSPS) is 13.7. The fourth-order valence-corrected chi connectivity index (χ4v) is 5.65. The molecular weight excluding hydrogens is 651 g/mol. The summed E-state index contributed by atoms with van der Waals surface area (Å²) in [6, 6.07) is 21.1. The second kappa shape index (κ2) is 10.5. The minimum absolute atomic E-state index is 0. The summed E-state index contributed by atoms with van der Waals surface area (Å²) in [7, 11) is 0. The van der Waals surface area contributed by atoms with E-state index in [4.69, 9.17) is 14.5 Å². The van der Waals surface area contributed by atoms with Crippen molar-refractivity contribution in [3.05, 3.63) is 89.3 Å². The first-order valence-corrected chi connectivity index (χ1v) is 12.7. The summed E-state index contributed by atoms with van der Waals surface area (Å²) in [6.07, 6.45) is 4.11. The largest absolute Gasteiger partial charge is 0.512 e. The molecule has 0 aliphatic heterocycles. The number of pyridine rings is 1. The molecule has 1 radical (unpaired) electrons. The van der Waals surface area contributed by atoms with Crippen molar-refractivity contribution in [1.82, 2.24) is 4.98 Å². The third-order valence-corrected chi connectivity index (χ3v) is 7.01. The van der Waals surface area contributed by atoms with E-state index < -0.39 is 0 Å². The molecule has 38 heavy (non-hydrogen) atoms. The molecule has 2 aromatic heterocycles. The van der Waals surface area contributed by atoms with Crippen LogP contribution in [-0.4, -0.2) is 15.9 Å². The zero-order valence-corrected chi connectivity index (χ0v) is 25.0. The summed E-state index contributed by atoms with van der Waals surface area (Å²) >= 11 is 0. The SMILES string of the molecule is CC(=O)/C=C(/C)O.CC(C)Cc1ccc2c3c([c-]cc2c1)-c1nccc2oc4cccc(c4c12)C3(C)C.[Ir]. The van der Waals surface area contributed by atoms with E-state index in [1.807, 2.05) is 12.3 Å². The first-order valence-electron chi connectivity index (χ1n) is 12.7. The summed E-state index contributed by atoms with van der Waals surface area (Å²) in [5.74, 6) is 0.578. The van der Waals surface area contributed by atoms with E-state index in [1.165, 1.54) is 52.8 Å². The fourth-order valence-electron chi connectivity index (χ4n) is 5.65. The fraction of sp³-hybridized carbons (Fsp3) is 0.273. The molecule has 0 fully saturated rings. The van der Waals surface area contributed by atoms with Crippen molar-refractivity contribution in [1.29, 1.82) is 0 Å². The molecule has 0 spiro atoms. The van der Waals surface area contributed by atoms with Crippen LogP contribution in [0.25, 0.3) is 44.0 Å². The van der Waals surface area contributed by atoms with Crippen LogP contribution < -0.4 is 0 Å². The van der Waals surface area contributed by atoms with Gasteiger partial charge in [-0.25, -0.2) is 0 Å². The van der Waals surface area contributed by atoms with E-state index in [2.05, 4.69) is 76.2 Å². The van der Waals surface area contributed by atoms with Crippen LogP contribution >= 0.6 is 0 Å². The van der Waals surface area contributed by atoms with Crippen LogP contribution in [0.1, 0.15) is 58.2 Å². The van der Waals surface area contributed by atoms with E-state index >= 15 is 0 Å². The van der Waals surface area contributed by atoms with E-state index in [1.54, 1.807) is 0 Å². The number of allylic oxidation sites excluding steroid dienone is 2. The van der Waals surface area contributed by atoms with Gasteiger partial charge >= 0.3 is 0 Å². The average Bonchev–Trinajstić information content (AvgIpc) is 3.17. The Labute approximate surface area is 237 Å². The molecule has 0 saturated carbocycles. The number of furan rings is 1. The zero-order valence-electron chi connectivity index (χ0n) is 22.6. The minimum Gasteiger partial charge on any atom is -0.512 e. The van der Waals surface area contributed by atoms with E-state index in [0.717, 1.165) is 34.2 Å². The Morgan fingerprint density at radius 2 is 1.84 bits per heavy atom. The summed E-state index contributed by atoms with van der Waals surface area (Å²) in [5.41, 5.74) is 7.67. The van der Waals surface area contributed by atoms with Gasteiger partial charge in [0.2, 0.25) is 0 Å². The molecule has 2 heterocycles. The number of aliphatic hydroxyl groups is 1. The van der Waals surface area contributed by atoms with Gasteiger partial charge in [0.05, 0.1) is 5.76 Å². The van der Waals surface area contributed by atoms with Crippen molar-refractivity contribution in [2.75, 3.05) is 0 Å². The zero-order chi connectivity index (χ0) is 26.5. The van der Waals surface area contributed by atoms with Crippen molar-refractivity contribution < 1.29 is 34.4 Å². The van der Waals surface area contributed by atoms with Gasteiger partial charge in [-0.3, -0.25) is 4.79 Å². The summed E-state index contributed by atoms with van der Waals surface area (Å²) in [4.78, 5) is 14.8. The number of benzene rings is 3. The van der Waals surface area contributed by atoms with Crippen LogP contribution in [0.3, 0.4) is 0 Å². The number of hydrogen-bond donors (Lipinski definition) is 1. The maximum Gasteiger partial charge on any atom is 0.155 e. The summed E-state index contributed by atoms with van der Waals surface area (Å²) in [5, 5.41) is 13.2. The van der Waals surface area contributed by atoms with Crippen molar-refractivity contribution in [3.8, 4) is 11.3 Å². The van der Waals surface area contributed by atoms with Crippen LogP contribution in [0, 0.1) is 12.0 Å². The number of aromatic nitrogens is 1. The molecule has 0 saturated heterocycles. The number of rotatable bonds is 3. The molecule has 3 aromatic carbocycles. The van der Waals surface area contributed by atoms with Gasteiger partial charge in [0, 0.05) is 43.2 Å². The number of nitrogens with zero attached hydrogens (tertiary/aromatic N) is 1. The molecule has 0 unspecified atom stereocenters. The van der Waals surface area contributed by atoms with Crippen LogP contribution in [0.4, 0.5) is 0 Å². The average molecular weight is 683 g/mol. The Hall–Kier alpha value is -3.27. The predicted octanol–water partition coefficient (Wildman–Crippen LogP) is 8.47. The monoisotopic (exact) mass is 683 g/mol. The third kappa shape index (κ3) is 4.81. The van der Waals surface area contributed by atoms with Crippen LogP contribution in [-0.2, 0) is 36.7 Å². The van der Waals surface area contributed by atoms with Crippen LogP contribution in [0.15, 0.2) is 71.0 Å². The number of hydrogen-bond acceptors (Lipinski definition) is 4. The van der Waals surface area contributed by atoms with Crippen molar-refractivity contribution in [2.24, 2.45) is 5.92 Å². The van der Waals surface area contributed by atoms with Crippen LogP contribution in [0.2, 0.25) is 0 Å². The number of fused-ring (bicyclic) bond motifs is 4. The van der Waals surface area contributed by atoms with Gasteiger partial charge < -0.3 is 14.5 Å². The Bertz CT molecular complexity index is 1700. The molecule has 5 heteroatoms. The first-order chi connectivity index (χ1) is 17.6. The Morgan fingerprint density at radius 3 is 2.50 bits per heavy atom. The predicted molar refractivity (Wildman–Crippen MR) is 151 cm³/mol. The topological polar surface area (TPSA) is 63.3 Å². The maximum atomic E-state index is 10.0. The van der Waals surface area contributed by atoms with Crippen molar-refractivity contribution in [2.45, 2.75) is 53.4 Å². The third-order valence-electron chi connectivity index (χ3n) is 7.01. The van der Waals surface area contributed by atoms with Gasteiger partial charge in [0.1, 0.15) is 11.2 Å². The summed E-state index contributed by atoms with van der Waals surface area (Å²) in [6.45, 7) is 12.0. The Balaban J connectivity index is 0.000000375. The molecule has 4 nitrogen and oxygen atoms in total. The first kappa shape index (κ1) is 27.8. The van der Waals surface area contributed by atoms with E-state index in [-0.39, 0.29) is 37.1 Å². The molecule has 197 valence electrons. The smallest absolute Gasteiger partial charge is 0.155 e. The van der Waals surface area contributed by atoms with E-state index in [0.29, 0.717) is 5.92 Å². The van der Waals surface area contributed by atoms with Gasteiger partial charge in [-0.15, -0.1) is 23.3 Å². The quantitative estimate of drug-likeness (QED) is 0.118. The van der Waals surface area contributed by atoms with Crippen molar-refractivity contribution >= 4 is 38.5 Å². The van der Waals surface area contributed by atoms with Gasteiger partial charge in [0.15, 0.2) is 5.78 Å². The Morgan fingerprint density at radius 1 is 1.11 bits per heavy atom.